The minimum Gasteiger partial charge on any atom is -0.425 e. The lowest BCUT2D eigenvalue weighted by Gasteiger charge is -2.10. The zero-order chi connectivity index (χ0) is 12.8. The molecular formula is C14H17ClN2O. The molecule has 0 N–H and O–H groups in total. The Bertz CT molecular complexity index is 470. The van der Waals surface area contributed by atoms with Gasteiger partial charge in [-0.2, -0.15) is 0 Å². The van der Waals surface area contributed by atoms with Crippen LogP contribution in [0.4, 0.5) is 0 Å². The van der Waals surface area contributed by atoms with E-state index < -0.39 is 0 Å². The van der Waals surface area contributed by atoms with Crippen LogP contribution in [0.2, 0.25) is 0 Å². The molecule has 96 valence electrons. The Morgan fingerprint density at radius 1 is 1.22 bits per heavy atom. The fourth-order valence-electron chi connectivity index (χ4n) is 1.96. The van der Waals surface area contributed by atoms with Gasteiger partial charge in [0.15, 0.2) is 0 Å². The Morgan fingerprint density at radius 3 is 2.67 bits per heavy atom. The molecule has 0 aliphatic carbocycles. The highest BCUT2D eigenvalue weighted by molar-refractivity contribution is 6.17. The molecule has 0 fully saturated rings. The van der Waals surface area contributed by atoms with Crippen molar-refractivity contribution < 1.29 is 4.42 Å². The molecule has 1 unspecified atom stereocenters. The summed E-state index contributed by atoms with van der Waals surface area (Å²) in [4.78, 5) is 0. The summed E-state index contributed by atoms with van der Waals surface area (Å²) >= 11 is 5.65. The maximum atomic E-state index is 5.71. The molecule has 18 heavy (non-hydrogen) atoms. The van der Waals surface area contributed by atoms with E-state index >= 15 is 0 Å². The topological polar surface area (TPSA) is 38.9 Å². The van der Waals surface area contributed by atoms with E-state index in [1.54, 1.807) is 0 Å². The Kier molecular flexibility index (Phi) is 4.76. The summed E-state index contributed by atoms with van der Waals surface area (Å²) in [6.45, 7) is 2.13. The van der Waals surface area contributed by atoms with Crippen LogP contribution in [0.25, 0.3) is 0 Å². The number of aromatic nitrogens is 2. The SMILES string of the molecule is CCC(c1ccccc1)c1nnc(CCCCl)o1. The van der Waals surface area contributed by atoms with Crippen molar-refractivity contribution in [2.24, 2.45) is 0 Å². The first-order valence-electron chi connectivity index (χ1n) is 6.28. The van der Waals surface area contributed by atoms with E-state index in [1.807, 2.05) is 18.2 Å². The van der Waals surface area contributed by atoms with Crippen LogP contribution in [-0.2, 0) is 6.42 Å². The molecule has 0 aliphatic heterocycles. The summed E-state index contributed by atoms with van der Waals surface area (Å²) in [6.07, 6.45) is 2.56. The van der Waals surface area contributed by atoms with Gasteiger partial charge in [-0.15, -0.1) is 21.8 Å². The number of hydrogen-bond acceptors (Lipinski definition) is 3. The number of hydrogen-bond donors (Lipinski definition) is 0. The molecule has 2 aromatic rings. The van der Waals surface area contributed by atoms with Gasteiger partial charge in [-0.05, 0) is 18.4 Å². The van der Waals surface area contributed by atoms with Crippen molar-refractivity contribution >= 4 is 11.6 Å². The second-order valence-corrected chi connectivity index (χ2v) is 4.58. The highest BCUT2D eigenvalue weighted by Gasteiger charge is 2.18. The molecule has 4 heteroatoms. The smallest absolute Gasteiger partial charge is 0.223 e. The Balaban J connectivity index is 2.15. The molecule has 0 spiro atoms. The second-order valence-electron chi connectivity index (χ2n) is 4.20. The van der Waals surface area contributed by atoms with Gasteiger partial charge >= 0.3 is 0 Å². The third-order valence-corrected chi connectivity index (χ3v) is 3.18. The average molecular weight is 265 g/mol. The normalized spacial score (nSPS) is 12.6. The zero-order valence-corrected chi connectivity index (χ0v) is 11.2. The molecule has 0 saturated carbocycles. The highest BCUT2D eigenvalue weighted by atomic mass is 35.5. The maximum Gasteiger partial charge on any atom is 0.223 e. The number of rotatable bonds is 6. The first kappa shape index (κ1) is 13.1. The van der Waals surface area contributed by atoms with Crippen molar-refractivity contribution in [2.75, 3.05) is 5.88 Å². The lowest BCUT2D eigenvalue weighted by atomic mass is 9.97. The van der Waals surface area contributed by atoms with Gasteiger partial charge in [0.25, 0.3) is 0 Å². The molecule has 1 aromatic heterocycles. The summed E-state index contributed by atoms with van der Waals surface area (Å²) in [5, 5.41) is 8.23. The quantitative estimate of drug-likeness (QED) is 0.746. The van der Waals surface area contributed by atoms with Crippen molar-refractivity contribution in [1.82, 2.24) is 10.2 Å². The van der Waals surface area contributed by atoms with Crippen LogP contribution in [0.5, 0.6) is 0 Å². The van der Waals surface area contributed by atoms with Crippen molar-refractivity contribution in [1.29, 1.82) is 0 Å². The second kappa shape index (κ2) is 6.55. The Morgan fingerprint density at radius 2 is 2.00 bits per heavy atom. The van der Waals surface area contributed by atoms with Crippen LogP contribution in [0.3, 0.4) is 0 Å². The zero-order valence-electron chi connectivity index (χ0n) is 10.5. The molecule has 0 bridgehead atoms. The van der Waals surface area contributed by atoms with Gasteiger partial charge in [0.05, 0.1) is 5.92 Å². The predicted octanol–water partition coefficient (Wildman–Crippen LogP) is 3.78. The standard InChI is InChI=1S/C14H17ClN2O/c1-2-12(11-7-4-3-5-8-11)14-17-16-13(18-14)9-6-10-15/h3-5,7-8,12H,2,6,9-10H2,1H3. The van der Waals surface area contributed by atoms with E-state index in [0.717, 1.165) is 19.3 Å². The number of nitrogens with zero attached hydrogens (tertiary/aromatic N) is 2. The fraction of sp³-hybridized carbons (Fsp3) is 0.429. The summed E-state index contributed by atoms with van der Waals surface area (Å²) < 4.78 is 5.71. The van der Waals surface area contributed by atoms with Crippen molar-refractivity contribution in [3.05, 3.63) is 47.7 Å². The van der Waals surface area contributed by atoms with E-state index in [1.165, 1.54) is 5.56 Å². The fourth-order valence-corrected chi connectivity index (χ4v) is 2.10. The third-order valence-electron chi connectivity index (χ3n) is 2.92. The monoisotopic (exact) mass is 264 g/mol. The Labute approximate surface area is 112 Å². The van der Waals surface area contributed by atoms with Crippen LogP contribution in [0.15, 0.2) is 34.7 Å². The number of alkyl halides is 1. The largest absolute Gasteiger partial charge is 0.425 e. The molecule has 0 saturated heterocycles. The van der Waals surface area contributed by atoms with Gasteiger partial charge in [0, 0.05) is 12.3 Å². The molecule has 0 aliphatic rings. The van der Waals surface area contributed by atoms with E-state index in [-0.39, 0.29) is 5.92 Å². The minimum atomic E-state index is 0.184. The van der Waals surface area contributed by atoms with Gasteiger partial charge in [-0.1, -0.05) is 37.3 Å². The average Bonchev–Trinajstić information content (AvgIpc) is 2.87. The van der Waals surface area contributed by atoms with Gasteiger partial charge < -0.3 is 4.42 Å². The molecule has 1 aromatic carbocycles. The molecule has 1 heterocycles. The van der Waals surface area contributed by atoms with Crippen LogP contribution in [0, 0.1) is 0 Å². The first-order valence-corrected chi connectivity index (χ1v) is 6.81. The summed E-state index contributed by atoms with van der Waals surface area (Å²) in [5.74, 6) is 2.19. The lowest BCUT2D eigenvalue weighted by molar-refractivity contribution is 0.426. The van der Waals surface area contributed by atoms with Crippen molar-refractivity contribution in [3.63, 3.8) is 0 Å². The van der Waals surface area contributed by atoms with Crippen LogP contribution < -0.4 is 0 Å². The predicted molar refractivity (Wildman–Crippen MR) is 71.9 cm³/mol. The van der Waals surface area contributed by atoms with Gasteiger partial charge in [0.1, 0.15) is 0 Å². The summed E-state index contributed by atoms with van der Waals surface area (Å²) in [7, 11) is 0. The number of aryl methyl sites for hydroxylation is 1. The van der Waals surface area contributed by atoms with Crippen molar-refractivity contribution in [2.45, 2.75) is 32.1 Å². The van der Waals surface area contributed by atoms with E-state index in [0.29, 0.717) is 17.7 Å². The third kappa shape index (κ3) is 3.10. The molecular weight excluding hydrogens is 248 g/mol. The first-order chi connectivity index (χ1) is 8.85. The molecule has 1 atom stereocenters. The number of benzene rings is 1. The number of halogens is 1. The molecule has 2 rings (SSSR count). The molecule has 3 nitrogen and oxygen atoms in total. The van der Waals surface area contributed by atoms with Gasteiger partial charge in [0.2, 0.25) is 11.8 Å². The highest BCUT2D eigenvalue weighted by Crippen LogP contribution is 2.26. The van der Waals surface area contributed by atoms with Crippen LogP contribution in [0.1, 0.15) is 43.0 Å². The lowest BCUT2D eigenvalue weighted by Crippen LogP contribution is -1.99. The molecule has 0 radical (unpaired) electrons. The van der Waals surface area contributed by atoms with Crippen molar-refractivity contribution in [3.8, 4) is 0 Å². The van der Waals surface area contributed by atoms with Gasteiger partial charge in [-0.25, -0.2) is 0 Å². The maximum absolute atomic E-state index is 5.71. The van der Waals surface area contributed by atoms with E-state index in [9.17, 15) is 0 Å². The van der Waals surface area contributed by atoms with Gasteiger partial charge in [-0.3, -0.25) is 0 Å². The Hall–Kier alpha value is -1.35. The van der Waals surface area contributed by atoms with E-state index in [2.05, 4.69) is 29.3 Å². The summed E-state index contributed by atoms with van der Waals surface area (Å²) in [6, 6.07) is 10.3. The molecule has 0 amide bonds. The minimum absolute atomic E-state index is 0.184. The van der Waals surface area contributed by atoms with E-state index in [4.69, 9.17) is 16.0 Å². The van der Waals surface area contributed by atoms with Crippen LogP contribution in [-0.4, -0.2) is 16.1 Å². The van der Waals surface area contributed by atoms with Crippen LogP contribution >= 0.6 is 11.6 Å². The summed E-state index contributed by atoms with van der Waals surface area (Å²) in [5.41, 5.74) is 1.22.